The third-order valence-electron chi connectivity index (χ3n) is 4.00. The molecule has 4 nitrogen and oxygen atoms in total. The molecule has 0 bridgehead atoms. The summed E-state index contributed by atoms with van der Waals surface area (Å²) in [5.74, 6) is 1.54. The largest absolute Gasteiger partial charge is 0.476 e. The molecule has 104 valence electrons. The predicted octanol–water partition coefficient (Wildman–Crippen LogP) is 3.13. The normalized spacial score (nSPS) is 22.1. The quantitative estimate of drug-likeness (QED) is 0.633. The lowest BCUT2D eigenvalue weighted by molar-refractivity contribution is 0.111. The van der Waals surface area contributed by atoms with Gasteiger partial charge >= 0.3 is 0 Å². The SMILES string of the molecule is CC1CC=CCC1COc1nc2ccccn2c1C=O. The minimum Gasteiger partial charge on any atom is -0.476 e. The molecule has 2 unspecified atom stereocenters. The van der Waals surface area contributed by atoms with E-state index in [1.807, 2.05) is 24.4 Å². The highest BCUT2D eigenvalue weighted by Gasteiger charge is 2.20. The van der Waals surface area contributed by atoms with Crippen LogP contribution >= 0.6 is 0 Å². The van der Waals surface area contributed by atoms with E-state index in [1.165, 1.54) is 0 Å². The van der Waals surface area contributed by atoms with Crippen molar-refractivity contribution in [3.8, 4) is 5.88 Å². The maximum atomic E-state index is 11.3. The minimum absolute atomic E-state index is 0.438. The summed E-state index contributed by atoms with van der Waals surface area (Å²) in [6.07, 6.45) is 9.19. The Bertz CT molecular complexity index is 645. The van der Waals surface area contributed by atoms with Crippen molar-refractivity contribution in [2.75, 3.05) is 6.61 Å². The predicted molar refractivity (Wildman–Crippen MR) is 77.1 cm³/mol. The van der Waals surface area contributed by atoms with Crippen molar-refractivity contribution in [3.63, 3.8) is 0 Å². The van der Waals surface area contributed by atoms with Gasteiger partial charge < -0.3 is 4.74 Å². The second kappa shape index (κ2) is 5.49. The first-order valence-electron chi connectivity index (χ1n) is 6.99. The van der Waals surface area contributed by atoms with Crippen LogP contribution in [0.15, 0.2) is 36.5 Å². The van der Waals surface area contributed by atoms with Gasteiger partial charge in [0.05, 0.1) is 6.61 Å². The molecule has 2 heterocycles. The van der Waals surface area contributed by atoms with E-state index < -0.39 is 0 Å². The highest BCUT2D eigenvalue weighted by Crippen LogP contribution is 2.26. The van der Waals surface area contributed by atoms with Gasteiger partial charge in [0.2, 0.25) is 5.88 Å². The summed E-state index contributed by atoms with van der Waals surface area (Å²) in [5, 5.41) is 0. The second-order valence-corrected chi connectivity index (χ2v) is 5.34. The van der Waals surface area contributed by atoms with Crippen LogP contribution in [0.2, 0.25) is 0 Å². The van der Waals surface area contributed by atoms with Crippen LogP contribution in [0.1, 0.15) is 30.3 Å². The molecular formula is C16H18N2O2. The fourth-order valence-electron chi connectivity index (χ4n) is 2.63. The monoisotopic (exact) mass is 270 g/mol. The Morgan fingerprint density at radius 3 is 3.05 bits per heavy atom. The van der Waals surface area contributed by atoms with Crippen LogP contribution < -0.4 is 4.74 Å². The third kappa shape index (κ3) is 2.33. The standard InChI is InChI=1S/C16H18N2O2/c1-12-6-2-3-7-13(12)11-20-16-14(10-19)18-9-5-4-8-15(18)17-16/h2-5,8-10,12-13H,6-7,11H2,1H3. The molecule has 1 aliphatic carbocycles. The lowest BCUT2D eigenvalue weighted by atomic mass is 9.85. The van der Waals surface area contributed by atoms with Gasteiger partial charge in [0.1, 0.15) is 11.3 Å². The number of imidazole rings is 1. The maximum absolute atomic E-state index is 11.3. The number of hydrogen-bond acceptors (Lipinski definition) is 3. The Morgan fingerprint density at radius 2 is 2.25 bits per heavy atom. The lowest BCUT2D eigenvalue weighted by Gasteiger charge is -2.24. The topological polar surface area (TPSA) is 43.6 Å². The van der Waals surface area contributed by atoms with Crippen LogP contribution in [0.4, 0.5) is 0 Å². The third-order valence-corrected chi connectivity index (χ3v) is 4.00. The van der Waals surface area contributed by atoms with Crippen molar-refractivity contribution in [1.29, 1.82) is 0 Å². The maximum Gasteiger partial charge on any atom is 0.243 e. The lowest BCUT2D eigenvalue weighted by Crippen LogP contribution is -2.21. The molecule has 0 saturated carbocycles. The van der Waals surface area contributed by atoms with Gasteiger partial charge in [-0.3, -0.25) is 9.20 Å². The zero-order valence-electron chi connectivity index (χ0n) is 11.5. The smallest absolute Gasteiger partial charge is 0.243 e. The summed E-state index contributed by atoms with van der Waals surface area (Å²) in [4.78, 5) is 15.7. The molecule has 0 saturated heterocycles. The molecule has 1 aliphatic rings. The number of carbonyl (C=O) groups excluding carboxylic acids is 1. The van der Waals surface area contributed by atoms with E-state index in [0.717, 1.165) is 24.8 Å². The number of aldehydes is 1. The van der Waals surface area contributed by atoms with Crippen molar-refractivity contribution in [2.24, 2.45) is 11.8 Å². The molecule has 0 spiro atoms. The van der Waals surface area contributed by atoms with Crippen molar-refractivity contribution in [2.45, 2.75) is 19.8 Å². The second-order valence-electron chi connectivity index (χ2n) is 5.34. The van der Waals surface area contributed by atoms with Gasteiger partial charge in [-0.1, -0.05) is 25.1 Å². The number of ether oxygens (including phenoxy) is 1. The van der Waals surface area contributed by atoms with Crippen LogP contribution in [0.25, 0.3) is 5.65 Å². The number of pyridine rings is 1. The molecule has 20 heavy (non-hydrogen) atoms. The summed E-state index contributed by atoms with van der Waals surface area (Å²) in [7, 11) is 0. The number of carbonyl (C=O) groups is 1. The van der Waals surface area contributed by atoms with E-state index in [2.05, 4.69) is 24.1 Å². The van der Waals surface area contributed by atoms with Crippen molar-refractivity contribution in [1.82, 2.24) is 9.38 Å². The van der Waals surface area contributed by atoms with Crippen LogP contribution in [0, 0.1) is 11.8 Å². The first-order chi connectivity index (χ1) is 9.79. The van der Waals surface area contributed by atoms with Gasteiger partial charge in [0.15, 0.2) is 6.29 Å². The molecule has 0 N–H and O–H groups in total. The summed E-state index contributed by atoms with van der Waals surface area (Å²) in [6, 6.07) is 5.64. The molecule has 2 aromatic rings. The molecular weight excluding hydrogens is 252 g/mol. The molecule has 0 aromatic carbocycles. The zero-order valence-corrected chi connectivity index (χ0v) is 11.5. The highest BCUT2D eigenvalue weighted by molar-refractivity contribution is 5.78. The van der Waals surface area contributed by atoms with Crippen LogP contribution in [0.5, 0.6) is 5.88 Å². The Hall–Kier alpha value is -2.10. The summed E-state index contributed by atoms with van der Waals surface area (Å²) >= 11 is 0. The number of nitrogens with zero attached hydrogens (tertiary/aromatic N) is 2. The van der Waals surface area contributed by atoms with Crippen molar-refractivity contribution in [3.05, 3.63) is 42.2 Å². The Morgan fingerprint density at radius 1 is 1.40 bits per heavy atom. The van der Waals surface area contributed by atoms with Gasteiger partial charge in [0, 0.05) is 6.20 Å². The fraction of sp³-hybridized carbons (Fsp3) is 0.375. The van der Waals surface area contributed by atoms with E-state index in [4.69, 9.17) is 4.74 Å². The molecule has 0 radical (unpaired) electrons. The van der Waals surface area contributed by atoms with E-state index in [9.17, 15) is 4.79 Å². The number of fused-ring (bicyclic) bond motifs is 1. The summed E-state index contributed by atoms with van der Waals surface area (Å²) in [5.41, 5.74) is 1.22. The molecule has 3 rings (SSSR count). The van der Waals surface area contributed by atoms with E-state index in [-0.39, 0.29) is 0 Å². The Labute approximate surface area is 118 Å². The zero-order chi connectivity index (χ0) is 13.9. The molecule has 2 aromatic heterocycles. The van der Waals surface area contributed by atoms with Crippen LogP contribution in [-0.2, 0) is 0 Å². The summed E-state index contributed by atoms with van der Waals surface area (Å²) in [6.45, 7) is 2.85. The molecule has 2 atom stereocenters. The molecule has 0 amide bonds. The number of aromatic nitrogens is 2. The number of hydrogen-bond donors (Lipinski definition) is 0. The fourth-order valence-corrected chi connectivity index (χ4v) is 2.63. The molecule has 0 aliphatic heterocycles. The van der Waals surface area contributed by atoms with Gasteiger partial charge in [-0.15, -0.1) is 0 Å². The van der Waals surface area contributed by atoms with Gasteiger partial charge in [0.25, 0.3) is 0 Å². The van der Waals surface area contributed by atoms with Gasteiger partial charge in [-0.2, -0.15) is 4.98 Å². The van der Waals surface area contributed by atoms with E-state index in [1.54, 1.807) is 4.40 Å². The minimum atomic E-state index is 0.438. The van der Waals surface area contributed by atoms with Gasteiger partial charge in [-0.25, -0.2) is 0 Å². The number of allylic oxidation sites excluding steroid dienone is 2. The first kappa shape index (κ1) is 12.9. The Balaban J connectivity index is 1.80. The van der Waals surface area contributed by atoms with Gasteiger partial charge in [-0.05, 0) is 36.8 Å². The first-order valence-corrected chi connectivity index (χ1v) is 6.99. The number of rotatable bonds is 4. The van der Waals surface area contributed by atoms with Crippen molar-refractivity contribution < 1.29 is 9.53 Å². The highest BCUT2D eigenvalue weighted by atomic mass is 16.5. The van der Waals surface area contributed by atoms with E-state index in [0.29, 0.717) is 30.0 Å². The molecule has 4 heteroatoms. The molecule has 0 fully saturated rings. The average molecular weight is 270 g/mol. The Kier molecular flexibility index (Phi) is 3.54. The summed E-state index contributed by atoms with van der Waals surface area (Å²) < 4.78 is 7.58. The van der Waals surface area contributed by atoms with Crippen LogP contribution in [0.3, 0.4) is 0 Å². The average Bonchev–Trinajstić information content (AvgIpc) is 2.84. The van der Waals surface area contributed by atoms with E-state index >= 15 is 0 Å². The van der Waals surface area contributed by atoms with Crippen LogP contribution in [-0.4, -0.2) is 22.3 Å². The van der Waals surface area contributed by atoms with Crippen molar-refractivity contribution >= 4 is 11.9 Å².